The van der Waals surface area contributed by atoms with Gasteiger partial charge in [0.2, 0.25) is 0 Å². The number of aromatic nitrogens is 1. The average Bonchev–Trinajstić information content (AvgIpc) is 2.57. The summed E-state index contributed by atoms with van der Waals surface area (Å²) < 4.78 is 62.8. The minimum absolute atomic E-state index is 0.0598. The van der Waals surface area contributed by atoms with Gasteiger partial charge in [-0.2, -0.15) is 13.2 Å². The summed E-state index contributed by atoms with van der Waals surface area (Å²) in [6.07, 6.45) is -3.76. The highest BCUT2D eigenvalue weighted by Gasteiger charge is 2.32. The van der Waals surface area contributed by atoms with Gasteiger partial charge in [0.05, 0.1) is 12.2 Å². The Balaban J connectivity index is 2.24. The van der Waals surface area contributed by atoms with Crippen LogP contribution in [0.1, 0.15) is 16.1 Å². The van der Waals surface area contributed by atoms with Crippen LogP contribution >= 0.6 is 15.9 Å². The van der Waals surface area contributed by atoms with Crippen LogP contribution in [0, 0.1) is 5.82 Å². The molecule has 0 radical (unpaired) electrons. The van der Waals surface area contributed by atoms with Crippen molar-refractivity contribution < 1.29 is 31.8 Å². The van der Waals surface area contributed by atoms with E-state index in [-0.39, 0.29) is 24.7 Å². The molecule has 0 aliphatic rings. The lowest BCUT2D eigenvalue weighted by Crippen LogP contribution is -2.16. The van der Waals surface area contributed by atoms with Gasteiger partial charge in [0.25, 0.3) is 5.91 Å². The molecule has 5 nitrogen and oxygen atoms in total. The topological polar surface area (TPSA) is 60.5 Å². The summed E-state index contributed by atoms with van der Waals surface area (Å²) in [5.41, 5.74) is -1.73. The van der Waals surface area contributed by atoms with E-state index >= 15 is 0 Å². The second-order valence-electron chi connectivity index (χ2n) is 4.99. The molecule has 0 saturated heterocycles. The lowest BCUT2D eigenvalue weighted by atomic mass is 10.1. The highest BCUT2D eigenvalue weighted by Crippen LogP contribution is 2.30. The number of alkyl halides is 3. The van der Waals surface area contributed by atoms with Crippen molar-refractivity contribution >= 4 is 27.5 Å². The van der Waals surface area contributed by atoms with Gasteiger partial charge in [0.1, 0.15) is 12.3 Å². The van der Waals surface area contributed by atoms with E-state index in [0.717, 1.165) is 6.20 Å². The molecule has 1 heterocycles. The second-order valence-corrected chi connectivity index (χ2v) is 5.90. The smallest absolute Gasteiger partial charge is 0.433 e. The molecular formula is C16H13BrF4N2O3. The lowest BCUT2D eigenvalue weighted by molar-refractivity contribution is -0.141. The quantitative estimate of drug-likeness (QED) is 0.542. The Morgan fingerprint density at radius 3 is 2.65 bits per heavy atom. The van der Waals surface area contributed by atoms with Crippen LogP contribution in [-0.2, 0) is 10.9 Å². The third-order valence-electron chi connectivity index (χ3n) is 3.10. The van der Waals surface area contributed by atoms with Crippen molar-refractivity contribution in [1.82, 2.24) is 4.98 Å². The van der Waals surface area contributed by atoms with Gasteiger partial charge in [-0.15, -0.1) is 0 Å². The first-order chi connectivity index (χ1) is 12.2. The number of rotatable bonds is 6. The number of ether oxygens (including phenoxy) is 2. The molecule has 1 N–H and O–H groups in total. The number of benzene rings is 1. The Hall–Kier alpha value is -2.20. The third-order valence-corrected chi connectivity index (χ3v) is 3.56. The minimum atomic E-state index is -4.66. The zero-order chi connectivity index (χ0) is 19.3. The van der Waals surface area contributed by atoms with Crippen LogP contribution in [0.5, 0.6) is 5.75 Å². The Labute approximate surface area is 154 Å². The number of halogens is 5. The summed E-state index contributed by atoms with van der Waals surface area (Å²) in [4.78, 5) is 15.5. The van der Waals surface area contributed by atoms with Crippen molar-refractivity contribution in [3.63, 3.8) is 0 Å². The van der Waals surface area contributed by atoms with E-state index < -0.39 is 29.2 Å². The number of nitrogens with one attached hydrogen (secondary N) is 1. The Kier molecular flexibility index (Phi) is 6.54. The third kappa shape index (κ3) is 5.15. The van der Waals surface area contributed by atoms with Crippen LogP contribution in [0.2, 0.25) is 0 Å². The number of methoxy groups -OCH3 is 1. The fourth-order valence-corrected chi connectivity index (χ4v) is 2.37. The number of carbonyl (C=O) groups is 1. The van der Waals surface area contributed by atoms with E-state index in [9.17, 15) is 22.4 Å². The van der Waals surface area contributed by atoms with Crippen LogP contribution in [0.25, 0.3) is 0 Å². The summed E-state index contributed by atoms with van der Waals surface area (Å²) in [5, 5.41) is 2.21. The minimum Gasteiger partial charge on any atom is -0.488 e. The highest BCUT2D eigenvalue weighted by atomic mass is 79.9. The normalized spacial score (nSPS) is 11.3. The van der Waals surface area contributed by atoms with E-state index in [1.165, 1.54) is 25.3 Å². The van der Waals surface area contributed by atoms with Crippen molar-refractivity contribution in [2.45, 2.75) is 6.18 Å². The fraction of sp³-hybridized carbons (Fsp3) is 0.250. The Bertz CT molecular complexity index is 800. The zero-order valence-electron chi connectivity index (χ0n) is 13.4. The molecule has 0 aliphatic heterocycles. The number of amides is 1. The maximum absolute atomic E-state index is 14.5. The number of anilines is 1. The number of carbonyl (C=O) groups excluding carboxylic acids is 1. The number of pyridine rings is 1. The highest BCUT2D eigenvalue weighted by molar-refractivity contribution is 9.10. The largest absolute Gasteiger partial charge is 0.488 e. The van der Waals surface area contributed by atoms with Gasteiger partial charge in [0.15, 0.2) is 11.6 Å². The maximum atomic E-state index is 14.5. The van der Waals surface area contributed by atoms with E-state index in [1.807, 2.05) is 0 Å². The van der Waals surface area contributed by atoms with Crippen molar-refractivity contribution in [1.29, 1.82) is 0 Å². The molecule has 1 aromatic carbocycles. The van der Waals surface area contributed by atoms with Crippen molar-refractivity contribution in [3.8, 4) is 5.75 Å². The predicted molar refractivity (Wildman–Crippen MR) is 88.7 cm³/mol. The average molecular weight is 437 g/mol. The SMILES string of the molecule is COCCOc1cc(Br)cc(C(=O)Nc2ccnc(C(F)(F)F)c2)c1F. The summed E-state index contributed by atoms with van der Waals surface area (Å²) >= 11 is 3.13. The van der Waals surface area contributed by atoms with Gasteiger partial charge >= 0.3 is 6.18 Å². The maximum Gasteiger partial charge on any atom is 0.433 e. The molecule has 10 heteroatoms. The molecular weight excluding hydrogens is 424 g/mol. The summed E-state index contributed by atoms with van der Waals surface area (Å²) in [6, 6.07) is 4.35. The van der Waals surface area contributed by atoms with Crippen molar-refractivity contribution in [2.75, 3.05) is 25.6 Å². The second kappa shape index (κ2) is 8.45. The van der Waals surface area contributed by atoms with E-state index in [0.29, 0.717) is 10.5 Å². The van der Waals surface area contributed by atoms with Gasteiger partial charge in [0, 0.05) is 23.5 Å². The Morgan fingerprint density at radius 2 is 2.00 bits per heavy atom. The van der Waals surface area contributed by atoms with Crippen LogP contribution in [-0.4, -0.2) is 31.2 Å². The zero-order valence-corrected chi connectivity index (χ0v) is 14.9. The van der Waals surface area contributed by atoms with Gasteiger partial charge in [-0.1, -0.05) is 15.9 Å². The van der Waals surface area contributed by atoms with Crippen LogP contribution in [0.3, 0.4) is 0 Å². The molecule has 0 unspecified atom stereocenters. The molecule has 2 rings (SSSR count). The van der Waals surface area contributed by atoms with Crippen molar-refractivity contribution in [2.24, 2.45) is 0 Å². The molecule has 0 spiro atoms. The Morgan fingerprint density at radius 1 is 1.27 bits per heavy atom. The van der Waals surface area contributed by atoms with Gasteiger partial charge in [-0.3, -0.25) is 9.78 Å². The van der Waals surface area contributed by atoms with E-state index in [1.54, 1.807) is 0 Å². The van der Waals surface area contributed by atoms with Crippen molar-refractivity contribution in [3.05, 3.63) is 52.0 Å². The first-order valence-electron chi connectivity index (χ1n) is 7.17. The molecule has 0 fully saturated rings. The fourth-order valence-electron chi connectivity index (χ4n) is 1.93. The van der Waals surface area contributed by atoms with Crippen LogP contribution in [0.4, 0.5) is 23.2 Å². The summed E-state index contributed by atoms with van der Waals surface area (Å²) in [5.74, 6) is -2.06. The lowest BCUT2D eigenvalue weighted by Gasteiger charge is -2.12. The molecule has 0 aliphatic carbocycles. The number of nitrogens with zero attached hydrogens (tertiary/aromatic N) is 1. The molecule has 0 bridgehead atoms. The molecule has 2 aromatic rings. The van der Waals surface area contributed by atoms with Gasteiger partial charge in [-0.25, -0.2) is 4.39 Å². The monoisotopic (exact) mass is 436 g/mol. The summed E-state index contributed by atoms with van der Waals surface area (Å²) in [7, 11) is 1.45. The first kappa shape index (κ1) is 20.1. The number of hydrogen-bond donors (Lipinski definition) is 1. The van der Waals surface area contributed by atoms with Crippen LogP contribution in [0.15, 0.2) is 34.9 Å². The molecule has 0 saturated carbocycles. The first-order valence-corrected chi connectivity index (χ1v) is 7.97. The molecule has 1 aromatic heterocycles. The van der Waals surface area contributed by atoms with E-state index in [4.69, 9.17) is 9.47 Å². The van der Waals surface area contributed by atoms with Gasteiger partial charge in [-0.05, 0) is 24.3 Å². The predicted octanol–water partition coefficient (Wildman–Crippen LogP) is 4.28. The van der Waals surface area contributed by atoms with E-state index in [2.05, 4.69) is 26.2 Å². The van der Waals surface area contributed by atoms with Crippen LogP contribution < -0.4 is 10.1 Å². The summed E-state index contributed by atoms with van der Waals surface area (Å²) in [6.45, 7) is 0.273. The molecule has 140 valence electrons. The van der Waals surface area contributed by atoms with Gasteiger partial charge < -0.3 is 14.8 Å². The molecule has 26 heavy (non-hydrogen) atoms. The molecule has 0 atom stereocenters. The molecule has 1 amide bonds. The number of hydrogen-bond acceptors (Lipinski definition) is 4. The standard InChI is InChI=1S/C16H13BrF4N2O3/c1-25-4-5-26-12-7-9(17)6-11(14(12)18)15(24)23-10-2-3-22-13(8-10)16(19,20)21/h2-3,6-8H,4-5H2,1H3,(H,22,23,24).